The molecule has 0 saturated carbocycles. The van der Waals surface area contributed by atoms with Crippen LogP contribution in [0.3, 0.4) is 0 Å². The van der Waals surface area contributed by atoms with Gasteiger partial charge in [-0.05, 0) is 17.0 Å². The Morgan fingerprint density at radius 2 is 2.21 bits per heavy atom. The highest BCUT2D eigenvalue weighted by molar-refractivity contribution is 5.82. The van der Waals surface area contributed by atoms with Gasteiger partial charge in [-0.3, -0.25) is 4.79 Å². The molecular formula is C15H22N2O2. The Kier molecular flexibility index (Phi) is 4.22. The van der Waals surface area contributed by atoms with E-state index in [-0.39, 0.29) is 17.9 Å². The van der Waals surface area contributed by atoms with Crippen molar-refractivity contribution in [2.45, 2.75) is 44.9 Å². The van der Waals surface area contributed by atoms with Crippen LogP contribution in [0.5, 0.6) is 0 Å². The lowest BCUT2D eigenvalue weighted by atomic mass is 9.98. The fourth-order valence-electron chi connectivity index (χ4n) is 2.51. The van der Waals surface area contributed by atoms with Crippen LogP contribution in [0, 0.1) is 5.92 Å². The Morgan fingerprint density at radius 3 is 2.89 bits per heavy atom. The number of carbonyl (C=O) groups is 1. The number of amides is 1. The summed E-state index contributed by atoms with van der Waals surface area (Å²) >= 11 is 0. The SMILES string of the molecule is CC[C@H](C)[C@H](N)C(=O)N[C@@H]1c2ccccc2C[C@@H]1O. The van der Waals surface area contributed by atoms with Gasteiger partial charge in [0.25, 0.3) is 0 Å². The third-order valence-corrected chi connectivity index (χ3v) is 4.06. The first-order valence-electron chi connectivity index (χ1n) is 6.86. The minimum atomic E-state index is -0.564. The molecular weight excluding hydrogens is 240 g/mol. The summed E-state index contributed by atoms with van der Waals surface area (Å²) in [6.07, 6.45) is 0.878. The number of nitrogens with one attached hydrogen (secondary N) is 1. The van der Waals surface area contributed by atoms with E-state index >= 15 is 0 Å². The average Bonchev–Trinajstić information content (AvgIpc) is 2.73. The molecule has 4 nitrogen and oxygen atoms in total. The van der Waals surface area contributed by atoms with E-state index in [2.05, 4.69) is 5.32 Å². The molecule has 0 unspecified atom stereocenters. The number of rotatable bonds is 4. The molecule has 4 N–H and O–H groups in total. The van der Waals surface area contributed by atoms with Crippen molar-refractivity contribution in [3.63, 3.8) is 0 Å². The van der Waals surface area contributed by atoms with Crippen molar-refractivity contribution in [3.05, 3.63) is 35.4 Å². The number of aliphatic hydroxyl groups is 1. The summed E-state index contributed by atoms with van der Waals surface area (Å²) in [5.41, 5.74) is 8.02. The molecule has 1 aromatic carbocycles. The van der Waals surface area contributed by atoms with E-state index in [9.17, 15) is 9.90 Å². The van der Waals surface area contributed by atoms with E-state index in [4.69, 9.17) is 5.73 Å². The van der Waals surface area contributed by atoms with Crippen LogP contribution in [0.2, 0.25) is 0 Å². The zero-order chi connectivity index (χ0) is 14.0. The Labute approximate surface area is 114 Å². The predicted molar refractivity (Wildman–Crippen MR) is 74.5 cm³/mol. The summed E-state index contributed by atoms with van der Waals surface area (Å²) in [5, 5.41) is 13.0. The summed E-state index contributed by atoms with van der Waals surface area (Å²) < 4.78 is 0. The molecule has 0 bridgehead atoms. The second kappa shape index (κ2) is 5.72. The number of hydrogen-bond donors (Lipinski definition) is 3. The molecule has 0 heterocycles. The average molecular weight is 262 g/mol. The van der Waals surface area contributed by atoms with Crippen molar-refractivity contribution in [2.75, 3.05) is 0 Å². The topological polar surface area (TPSA) is 75.4 Å². The maximum absolute atomic E-state index is 12.1. The van der Waals surface area contributed by atoms with Crippen molar-refractivity contribution in [2.24, 2.45) is 11.7 Å². The van der Waals surface area contributed by atoms with Crippen LogP contribution in [0.25, 0.3) is 0 Å². The summed E-state index contributed by atoms with van der Waals surface area (Å²) in [4.78, 5) is 12.1. The van der Waals surface area contributed by atoms with Gasteiger partial charge in [0.05, 0.1) is 18.2 Å². The summed E-state index contributed by atoms with van der Waals surface area (Å²) in [6.45, 7) is 3.97. The van der Waals surface area contributed by atoms with Crippen LogP contribution in [0.15, 0.2) is 24.3 Å². The van der Waals surface area contributed by atoms with E-state index in [0.29, 0.717) is 6.42 Å². The molecule has 0 spiro atoms. The normalized spacial score (nSPS) is 24.6. The molecule has 1 aromatic rings. The third kappa shape index (κ3) is 2.80. The quantitative estimate of drug-likeness (QED) is 0.761. The number of benzene rings is 1. The lowest BCUT2D eigenvalue weighted by molar-refractivity contribution is -0.124. The van der Waals surface area contributed by atoms with Crippen molar-refractivity contribution in [1.29, 1.82) is 0 Å². The van der Waals surface area contributed by atoms with Crippen molar-refractivity contribution in [3.8, 4) is 0 Å². The van der Waals surface area contributed by atoms with Crippen LogP contribution in [0.1, 0.15) is 37.4 Å². The molecule has 0 saturated heterocycles. The zero-order valence-corrected chi connectivity index (χ0v) is 11.5. The van der Waals surface area contributed by atoms with E-state index < -0.39 is 12.1 Å². The Balaban J connectivity index is 2.09. The monoisotopic (exact) mass is 262 g/mol. The van der Waals surface area contributed by atoms with Gasteiger partial charge in [0.1, 0.15) is 0 Å². The van der Waals surface area contributed by atoms with Gasteiger partial charge in [0, 0.05) is 6.42 Å². The second-order valence-electron chi connectivity index (χ2n) is 5.37. The number of carbonyl (C=O) groups excluding carboxylic acids is 1. The first-order valence-corrected chi connectivity index (χ1v) is 6.86. The van der Waals surface area contributed by atoms with Gasteiger partial charge >= 0.3 is 0 Å². The van der Waals surface area contributed by atoms with Gasteiger partial charge in [-0.25, -0.2) is 0 Å². The molecule has 2 rings (SSSR count). The van der Waals surface area contributed by atoms with Crippen molar-refractivity contribution < 1.29 is 9.90 Å². The number of nitrogens with two attached hydrogens (primary N) is 1. The predicted octanol–water partition coefficient (Wildman–Crippen LogP) is 1.13. The third-order valence-electron chi connectivity index (χ3n) is 4.06. The summed E-state index contributed by atoms with van der Waals surface area (Å²) in [5.74, 6) is -0.0520. The molecule has 0 aromatic heterocycles. The minimum Gasteiger partial charge on any atom is -0.390 e. The zero-order valence-electron chi connectivity index (χ0n) is 11.5. The molecule has 19 heavy (non-hydrogen) atoms. The van der Waals surface area contributed by atoms with E-state index in [0.717, 1.165) is 17.5 Å². The van der Waals surface area contributed by atoms with Crippen molar-refractivity contribution in [1.82, 2.24) is 5.32 Å². The smallest absolute Gasteiger partial charge is 0.237 e. The van der Waals surface area contributed by atoms with Gasteiger partial charge in [-0.2, -0.15) is 0 Å². The molecule has 0 fully saturated rings. The van der Waals surface area contributed by atoms with Crippen LogP contribution in [-0.4, -0.2) is 23.2 Å². The molecule has 0 radical (unpaired) electrons. The molecule has 4 atom stereocenters. The molecule has 104 valence electrons. The van der Waals surface area contributed by atoms with E-state index in [1.807, 2.05) is 38.1 Å². The number of fused-ring (bicyclic) bond motifs is 1. The Hall–Kier alpha value is -1.39. The summed E-state index contributed by atoms with van der Waals surface area (Å²) in [7, 11) is 0. The fourth-order valence-corrected chi connectivity index (χ4v) is 2.51. The first-order chi connectivity index (χ1) is 9.04. The van der Waals surface area contributed by atoms with Gasteiger partial charge < -0.3 is 16.2 Å². The highest BCUT2D eigenvalue weighted by Crippen LogP contribution is 2.31. The molecule has 4 heteroatoms. The fraction of sp³-hybridized carbons (Fsp3) is 0.533. The Bertz CT molecular complexity index is 461. The van der Waals surface area contributed by atoms with Gasteiger partial charge in [-0.15, -0.1) is 0 Å². The molecule has 1 amide bonds. The maximum atomic E-state index is 12.1. The maximum Gasteiger partial charge on any atom is 0.237 e. The highest BCUT2D eigenvalue weighted by Gasteiger charge is 2.33. The van der Waals surface area contributed by atoms with Crippen LogP contribution >= 0.6 is 0 Å². The molecule has 0 aliphatic heterocycles. The van der Waals surface area contributed by atoms with Crippen molar-refractivity contribution >= 4 is 5.91 Å². The largest absolute Gasteiger partial charge is 0.390 e. The molecule has 1 aliphatic rings. The number of aliphatic hydroxyl groups excluding tert-OH is 1. The van der Waals surface area contributed by atoms with Crippen LogP contribution < -0.4 is 11.1 Å². The second-order valence-corrected chi connectivity index (χ2v) is 5.37. The van der Waals surface area contributed by atoms with E-state index in [1.165, 1.54) is 0 Å². The van der Waals surface area contributed by atoms with Crippen LogP contribution in [0.4, 0.5) is 0 Å². The minimum absolute atomic E-state index is 0.133. The van der Waals surface area contributed by atoms with Crippen LogP contribution in [-0.2, 0) is 11.2 Å². The van der Waals surface area contributed by atoms with Gasteiger partial charge in [0.2, 0.25) is 5.91 Å². The van der Waals surface area contributed by atoms with E-state index in [1.54, 1.807) is 0 Å². The Morgan fingerprint density at radius 1 is 1.53 bits per heavy atom. The lowest BCUT2D eigenvalue weighted by Crippen LogP contribution is -2.47. The lowest BCUT2D eigenvalue weighted by Gasteiger charge is -2.23. The number of hydrogen-bond acceptors (Lipinski definition) is 3. The highest BCUT2D eigenvalue weighted by atomic mass is 16.3. The van der Waals surface area contributed by atoms with Gasteiger partial charge in [0.15, 0.2) is 0 Å². The van der Waals surface area contributed by atoms with Gasteiger partial charge in [-0.1, -0.05) is 44.5 Å². The first kappa shape index (κ1) is 14.0. The summed E-state index contributed by atoms with van der Waals surface area (Å²) in [6, 6.07) is 6.94. The molecule has 1 aliphatic carbocycles. The standard InChI is InChI=1S/C15H22N2O2/c1-3-9(2)13(16)15(19)17-14-11-7-5-4-6-10(11)8-12(14)18/h4-7,9,12-14,18H,3,8,16H2,1-2H3,(H,17,19)/t9-,12-,13-,14+/m0/s1.